The molecule has 0 saturated heterocycles. The Morgan fingerprint density at radius 3 is 1.73 bits per heavy atom. The summed E-state index contributed by atoms with van der Waals surface area (Å²) in [6.07, 6.45) is 2.10. The lowest BCUT2D eigenvalue weighted by Crippen LogP contribution is -2.27. The summed E-state index contributed by atoms with van der Waals surface area (Å²) < 4.78 is 2.62. The molecule has 1 atom stereocenters. The van der Waals surface area contributed by atoms with E-state index < -0.39 is 0 Å². The number of allylic oxidation sites excluding steroid dienone is 1. The normalized spacial score (nSPS) is 14.5. The molecule has 2 nitrogen and oxygen atoms in total. The van der Waals surface area contributed by atoms with E-state index in [4.69, 9.17) is 4.99 Å². The van der Waals surface area contributed by atoms with Crippen LogP contribution in [0.15, 0.2) is 199 Å². The van der Waals surface area contributed by atoms with Crippen LogP contribution in [0.3, 0.4) is 0 Å². The minimum atomic E-state index is -0.176. The van der Waals surface area contributed by atoms with Gasteiger partial charge < -0.3 is 4.90 Å². The molecule has 0 amide bonds. The van der Waals surface area contributed by atoms with Gasteiger partial charge in [0.05, 0.1) is 5.71 Å². The Morgan fingerprint density at radius 2 is 1.00 bits per heavy atom. The van der Waals surface area contributed by atoms with Crippen molar-refractivity contribution in [3.63, 3.8) is 0 Å². The molecule has 11 rings (SSSR count). The molecule has 2 heterocycles. The Bertz CT molecular complexity index is 3170. The van der Waals surface area contributed by atoms with E-state index in [2.05, 4.69) is 206 Å². The first kappa shape index (κ1) is 32.6. The summed E-state index contributed by atoms with van der Waals surface area (Å²) in [5, 5.41) is 10.3. The minimum Gasteiger partial charge on any atom is -0.349 e. The minimum absolute atomic E-state index is 0.176. The third-order valence-electron chi connectivity index (χ3n) is 11.5. The van der Waals surface area contributed by atoms with Gasteiger partial charge >= 0.3 is 0 Å². The van der Waals surface area contributed by atoms with Gasteiger partial charge in [0.2, 0.25) is 0 Å². The van der Waals surface area contributed by atoms with Gasteiger partial charge in [-0.25, -0.2) is 0 Å². The smallest absolute Gasteiger partial charge is 0.147 e. The predicted octanol–water partition coefficient (Wildman–Crippen LogP) is 14.3. The van der Waals surface area contributed by atoms with Crippen LogP contribution in [-0.2, 0) is 0 Å². The zero-order chi connectivity index (χ0) is 37.2. The summed E-state index contributed by atoms with van der Waals surface area (Å²) >= 11 is 1.88. The molecule has 1 aliphatic rings. The lowest BCUT2D eigenvalue weighted by atomic mass is 9.90. The van der Waals surface area contributed by atoms with Gasteiger partial charge in [0.15, 0.2) is 0 Å². The SMILES string of the molecule is CN1C(c2cc(-c3ccc4c5ccccc5c5ccccc5c4c3)cc(-c3cccc4c3sc3ccccc34)c2)=CC(c2ccccc2)=NC1c1ccccc1. The third kappa shape index (κ3) is 5.35. The molecule has 0 radical (unpaired) electrons. The van der Waals surface area contributed by atoms with Crippen LogP contribution in [0.5, 0.6) is 0 Å². The van der Waals surface area contributed by atoms with Gasteiger partial charge in [-0.2, -0.15) is 0 Å². The van der Waals surface area contributed by atoms with Crippen LogP contribution in [0.4, 0.5) is 0 Å². The lowest BCUT2D eigenvalue weighted by Gasteiger charge is -2.34. The third-order valence-corrected chi connectivity index (χ3v) is 12.7. The second kappa shape index (κ2) is 13.2. The fourth-order valence-electron chi connectivity index (χ4n) is 8.76. The monoisotopic (exact) mass is 732 g/mol. The zero-order valence-corrected chi connectivity index (χ0v) is 31.7. The van der Waals surface area contributed by atoms with Gasteiger partial charge in [0.1, 0.15) is 6.17 Å². The summed E-state index contributed by atoms with van der Waals surface area (Å²) in [7, 11) is 2.18. The summed E-state index contributed by atoms with van der Waals surface area (Å²) in [4.78, 5) is 7.70. The van der Waals surface area contributed by atoms with Crippen LogP contribution in [0.25, 0.3) is 80.4 Å². The average Bonchev–Trinajstić information content (AvgIpc) is 3.66. The number of aliphatic imine (C=N–C) groups is 1. The van der Waals surface area contributed by atoms with Crippen LogP contribution in [-0.4, -0.2) is 17.7 Å². The van der Waals surface area contributed by atoms with Gasteiger partial charge in [-0.05, 0) is 108 Å². The van der Waals surface area contributed by atoms with Crippen LogP contribution < -0.4 is 0 Å². The zero-order valence-electron chi connectivity index (χ0n) is 30.9. The topological polar surface area (TPSA) is 15.6 Å². The Kier molecular flexibility index (Phi) is 7.68. The molecule has 0 N–H and O–H groups in total. The number of nitrogens with zero attached hydrogens (tertiary/aromatic N) is 2. The van der Waals surface area contributed by atoms with E-state index in [0.29, 0.717) is 0 Å². The molecule has 264 valence electrons. The summed E-state index contributed by atoms with van der Waals surface area (Å²) in [6.45, 7) is 0. The largest absolute Gasteiger partial charge is 0.349 e. The van der Waals surface area contributed by atoms with Crippen LogP contribution in [0, 0.1) is 0 Å². The van der Waals surface area contributed by atoms with Crippen molar-refractivity contribution in [3.8, 4) is 22.3 Å². The molecule has 3 heteroatoms. The average molecular weight is 733 g/mol. The van der Waals surface area contributed by atoms with E-state index in [-0.39, 0.29) is 6.17 Å². The van der Waals surface area contributed by atoms with Crippen molar-refractivity contribution in [2.45, 2.75) is 6.17 Å². The first-order valence-corrected chi connectivity index (χ1v) is 20.0. The highest BCUT2D eigenvalue weighted by atomic mass is 32.1. The Labute approximate surface area is 329 Å². The van der Waals surface area contributed by atoms with Crippen molar-refractivity contribution >= 4 is 75.2 Å². The molecule has 9 aromatic carbocycles. The van der Waals surface area contributed by atoms with E-state index in [9.17, 15) is 0 Å². The molecule has 10 aromatic rings. The fourth-order valence-corrected chi connectivity index (χ4v) is 9.99. The van der Waals surface area contributed by atoms with Gasteiger partial charge in [0.25, 0.3) is 0 Å². The van der Waals surface area contributed by atoms with Gasteiger partial charge in [-0.3, -0.25) is 4.99 Å². The number of rotatable bonds is 5. The number of benzene rings is 9. The Morgan fingerprint density at radius 1 is 0.429 bits per heavy atom. The summed E-state index contributed by atoms with van der Waals surface area (Å²) in [5.41, 5.74) is 10.4. The first-order valence-electron chi connectivity index (χ1n) is 19.2. The number of hydrogen-bond acceptors (Lipinski definition) is 3. The molecule has 0 fully saturated rings. The van der Waals surface area contributed by atoms with Gasteiger partial charge in [-0.15, -0.1) is 11.3 Å². The number of fused-ring (bicyclic) bond motifs is 9. The second-order valence-electron chi connectivity index (χ2n) is 14.7. The molecule has 0 aliphatic carbocycles. The molecule has 1 aliphatic heterocycles. The summed E-state index contributed by atoms with van der Waals surface area (Å²) in [6, 6.07) is 68.7. The van der Waals surface area contributed by atoms with Crippen molar-refractivity contribution in [2.24, 2.45) is 4.99 Å². The highest BCUT2D eigenvalue weighted by Gasteiger charge is 2.26. The van der Waals surface area contributed by atoms with Gasteiger partial charge in [0, 0.05) is 32.9 Å². The lowest BCUT2D eigenvalue weighted by molar-refractivity contribution is 0.364. The van der Waals surface area contributed by atoms with Crippen molar-refractivity contribution in [1.29, 1.82) is 0 Å². The Balaban J connectivity index is 1.17. The highest BCUT2D eigenvalue weighted by molar-refractivity contribution is 7.26. The Hall–Kier alpha value is -6.81. The predicted molar refractivity (Wildman–Crippen MR) is 241 cm³/mol. The maximum absolute atomic E-state index is 5.36. The molecule has 1 aromatic heterocycles. The first-order chi connectivity index (χ1) is 27.7. The molecule has 1 unspecified atom stereocenters. The van der Waals surface area contributed by atoms with E-state index in [0.717, 1.165) is 28.1 Å². The molecular weight excluding hydrogens is 697 g/mol. The quantitative estimate of drug-likeness (QED) is 0.161. The second-order valence-corrected chi connectivity index (χ2v) is 15.8. The van der Waals surface area contributed by atoms with Crippen molar-refractivity contribution in [3.05, 3.63) is 211 Å². The van der Waals surface area contributed by atoms with E-state index in [1.54, 1.807) is 0 Å². The molecule has 0 spiro atoms. The highest BCUT2D eigenvalue weighted by Crippen LogP contribution is 2.44. The molecule has 56 heavy (non-hydrogen) atoms. The van der Waals surface area contributed by atoms with Gasteiger partial charge in [-0.1, -0.05) is 158 Å². The van der Waals surface area contributed by atoms with Crippen molar-refractivity contribution < 1.29 is 0 Å². The summed E-state index contributed by atoms with van der Waals surface area (Å²) in [5.74, 6) is 0. The molecule has 0 bridgehead atoms. The molecule has 0 saturated carbocycles. The number of thiophene rings is 1. The van der Waals surface area contributed by atoms with Crippen LogP contribution in [0.2, 0.25) is 0 Å². The van der Waals surface area contributed by atoms with Crippen molar-refractivity contribution in [2.75, 3.05) is 7.05 Å². The molecular formula is C53H36N2S. The van der Waals surface area contributed by atoms with Crippen LogP contribution in [0.1, 0.15) is 22.9 Å². The van der Waals surface area contributed by atoms with Crippen molar-refractivity contribution in [1.82, 2.24) is 4.90 Å². The van der Waals surface area contributed by atoms with E-state index in [1.165, 1.54) is 74.7 Å². The van der Waals surface area contributed by atoms with Crippen LogP contribution >= 0.6 is 11.3 Å². The maximum Gasteiger partial charge on any atom is 0.147 e. The number of hydrogen-bond donors (Lipinski definition) is 0. The van der Waals surface area contributed by atoms with E-state index in [1.807, 2.05) is 11.3 Å². The van der Waals surface area contributed by atoms with E-state index >= 15 is 0 Å². The fraction of sp³-hybridized carbons (Fsp3) is 0.0377. The maximum atomic E-state index is 5.36. The standard InChI is InChI=1S/C53H36N2S/c1-55-50(33-49(34-15-4-2-5-16-34)54-53(55)35-17-6-3-7-18-35)39-30-37(29-38(31-39)40-24-14-25-47-46-23-12-13-26-51(46)56-52(40)47)36-27-28-45-43-21-9-8-19-41(43)42-20-10-11-22-44(42)48(45)32-36/h2-33,53H,1H3.